The van der Waals surface area contributed by atoms with E-state index in [1.54, 1.807) is 13.8 Å². The van der Waals surface area contributed by atoms with Crippen molar-refractivity contribution in [3.63, 3.8) is 0 Å². The lowest BCUT2D eigenvalue weighted by atomic mass is 9.91. The van der Waals surface area contributed by atoms with Crippen LogP contribution in [-0.4, -0.2) is 29.2 Å². The maximum absolute atomic E-state index is 11.7. The van der Waals surface area contributed by atoms with Crippen LogP contribution in [0.15, 0.2) is 0 Å². The molecule has 3 nitrogen and oxygen atoms in total. The molecular weight excluding hydrogens is 202 g/mol. The summed E-state index contributed by atoms with van der Waals surface area (Å²) >= 11 is 0. The number of rotatable bonds is 1. The fourth-order valence-electron chi connectivity index (χ4n) is 4.05. The average molecular weight is 221 g/mol. The lowest BCUT2D eigenvalue weighted by Crippen LogP contribution is -2.41. The number of carbonyl (C=O) groups excluding carboxylic acids is 2. The molecule has 88 valence electrons. The first kappa shape index (κ1) is 10.3. The van der Waals surface area contributed by atoms with Crippen LogP contribution in [-0.2, 0) is 9.59 Å². The van der Waals surface area contributed by atoms with Crippen molar-refractivity contribution in [3.05, 3.63) is 0 Å². The smallest absolute Gasteiger partial charge is 0.220 e. The predicted octanol–water partition coefficient (Wildman–Crippen LogP) is 1.61. The van der Waals surface area contributed by atoms with E-state index in [9.17, 15) is 9.59 Å². The van der Waals surface area contributed by atoms with Gasteiger partial charge < -0.3 is 4.90 Å². The summed E-state index contributed by atoms with van der Waals surface area (Å²) in [6.45, 7) is 4.05. The van der Waals surface area contributed by atoms with Crippen LogP contribution < -0.4 is 0 Å². The summed E-state index contributed by atoms with van der Waals surface area (Å²) in [5, 5.41) is 0. The Balaban J connectivity index is 1.85. The highest BCUT2D eigenvalue weighted by Gasteiger charge is 2.59. The number of amides is 1. The molecule has 0 bridgehead atoms. The Morgan fingerprint density at radius 1 is 1.19 bits per heavy atom. The van der Waals surface area contributed by atoms with Gasteiger partial charge in [0, 0.05) is 13.5 Å². The standard InChI is InChI=1S/C13H19NO2/c1-8(15)12-11-6-13(3-4-13)5-10(11)7-14(12)9(2)16/h10-12H,3-7H2,1-2H3/t10-,11-,12+/m0/s1. The van der Waals surface area contributed by atoms with Gasteiger partial charge in [-0.05, 0) is 49.9 Å². The Hall–Kier alpha value is -0.860. The minimum atomic E-state index is -0.109. The monoisotopic (exact) mass is 221 g/mol. The van der Waals surface area contributed by atoms with Gasteiger partial charge in [-0.2, -0.15) is 0 Å². The molecule has 0 radical (unpaired) electrons. The molecule has 0 aromatic rings. The molecule has 16 heavy (non-hydrogen) atoms. The van der Waals surface area contributed by atoms with Gasteiger partial charge in [-0.1, -0.05) is 0 Å². The van der Waals surface area contributed by atoms with Crippen molar-refractivity contribution in [2.24, 2.45) is 17.3 Å². The van der Waals surface area contributed by atoms with Crippen LogP contribution in [0.1, 0.15) is 39.5 Å². The normalized spacial score (nSPS) is 38.9. The molecule has 0 N–H and O–H groups in total. The van der Waals surface area contributed by atoms with E-state index in [-0.39, 0.29) is 17.7 Å². The van der Waals surface area contributed by atoms with Crippen LogP contribution in [0.2, 0.25) is 0 Å². The predicted molar refractivity (Wildman–Crippen MR) is 59.7 cm³/mol. The number of likely N-dealkylation sites (tertiary alicyclic amines) is 1. The maximum Gasteiger partial charge on any atom is 0.220 e. The van der Waals surface area contributed by atoms with Gasteiger partial charge in [-0.3, -0.25) is 9.59 Å². The van der Waals surface area contributed by atoms with Crippen molar-refractivity contribution >= 4 is 11.7 Å². The fraction of sp³-hybridized carbons (Fsp3) is 0.846. The number of hydrogen-bond acceptors (Lipinski definition) is 2. The summed E-state index contributed by atoms with van der Waals surface area (Å²) in [6.07, 6.45) is 5.15. The van der Waals surface area contributed by atoms with Gasteiger partial charge >= 0.3 is 0 Å². The van der Waals surface area contributed by atoms with E-state index < -0.39 is 0 Å². The van der Waals surface area contributed by atoms with Crippen LogP contribution >= 0.6 is 0 Å². The quantitative estimate of drug-likeness (QED) is 0.674. The highest BCUT2D eigenvalue weighted by atomic mass is 16.2. The van der Waals surface area contributed by atoms with Crippen molar-refractivity contribution in [1.29, 1.82) is 0 Å². The molecule has 0 aromatic carbocycles. The van der Waals surface area contributed by atoms with Gasteiger partial charge in [0.2, 0.25) is 5.91 Å². The van der Waals surface area contributed by atoms with E-state index >= 15 is 0 Å². The second-order valence-corrected chi connectivity index (χ2v) is 6.06. The van der Waals surface area contributed by atoms with Crippen molar-refractivity contribution < 1.29 is 9.59 Å². The molecule has 3 heteroatoms. The third-order valence-corrected chi connectivity index (χ3v) is 4.92. The second kappa shape index (κ2) is 3.08. The average Bonchev–Trinajstić information content (AvgIpc) is 2.65. The molecule has 1 aliphatic heterocycles. The minimum Gasteiger partial charge on any atom is -0.332 e. The van der Waals surface area contributed by atoms with Gasteiger partial charge in [-0.25, -0.2) is 0 Å². The Labute approximate surface area is 96.2 Å². The van der Waals surface area contributed by atoms with Gasteiger partial charge in [0.25, 0.3) is 0 Å². The molecule has 1 amide bonds. The van der Waals surface area contributed by atoms with Crippen molar-refractivity contribution in [2.45, 2.75) is 45.6 Å². The molecule has 1 heterocycles. The SMILES string of the molecule is CC(=O)[C@@H]1[C@H]2CC3(CC3)C[C@H]2CN1C(C)=O. The zero-order valence-corrected chi connectivity index (χ0v) is 10.0. The Morgan fingerprint density at radius 3 is 2.38 bits per heavy atom. The molecule has 3 aliphatic rings. The number of Topliss-reactive ketones (excluding diaryl/α,β-unsaturated/α-hetero) is 1. The second-order valence-electron chi connectivity index (χ2n) is 6.06. The number of nitrogens with zero attached hydrogens (tertiary/aromatic N) is 1. The molecule has 3 atom stereocenters. The summed E-state index contributed by atoms with van der Waals surface area (Å²) < 4.78 is 0. The van der Waals surface area contributed by atoms with E-state index in [4.69, 9.17) is 0 Å². The third kappa shape index (κ3) is 1.33. The first-order valence-corrected chi connectivity index (χ1v) is 6.30. The van der Waals surface area contributed by atoms with Crippen LogP contribution in [0.4, 0.5) is 0 Å². The number of fused-ring (bicyclic) bond motifs is 1. The van der Waals surface area contributed by atoms with E-state index in [2.05, 4.69) is 0 Å². The zero-order valence-electron chi connectivity index (χ0n) is 10.0. The number of ketones is 1. The van der Waals surface area contributed by atoms with Gasteiger partial charge in [0.1, 0.15) is 0 Å². The first-order valence-electron chi connectivity index (χ1n) is 6.30. The van der Waals surface area contributed by atoms with E-state index in [1.165, 1.54) is 25.7 Å². The molecule has 2 aliphatic carbocycles. The largest absolute Gasteiger partial charge is 0.332 e. The number of hydrogen-bond donors (Lipinski definition) is 0. The highest BCUT2D eigenvalue weighted by molar-refractivity contribution is 5.87. The molecule has 2 saturated carbocycles. The summed E-state index contributed by atoms with van der Waals surface area (Å²) in [5.41, 5.74) is 0.589. The summed E-state index contributed by atoms with van der Waals surface area (Å²) in [6, 6.07) is -0.109. The zero-order chi connectivity index (χ0) is 11.5. The van der Waals surface area contributed by atoms with Gasteiger partial charge in [0.05, 0.1) is 6.04 Å². The van der Waals surface area contributed by atoms with Gasteiger partial charge in [0.15, 0.2) is 5.78 Å². The van der Waals surface area contributed by atoms with Crippen LogP contribution in [0.25, 0.3) is 0 Å². The molecule has 0 aromatic heterocycles. The number of carbonyl (C=O) groups is 2. The summed E-state index contributed by atoms with van der Waals surface area (Å²) in [7, 11) is 0. The summed E-state index contributed by atoms with van der Waals surface area (Å²) in [4.78, 5) is 25.1. The first-order chi connectivity index (χ1) is 7.52. The van der Waals surface area contributed by atoms with Crippen LogP contribution in [0.3, 0.4) is 0 Å². The Morgan fingerprint density at radius 2 is 1.88 bits per heavy atom. The minimum absolute atomic E-state index is 0.0689. The van der Waals surface area contributed by atoms with Crippen LogP contribution in [0, 0.1) is 17.3 Å². The van der Waals surface area contributed by atoms with Crippen molar-refractivity contribution in [3.8, 4) is 0 Å². The third-order valence-electron chi connectivity index (χ3n) is 4.92. The van der Waals surface area contributed by atoms with E-state index in [1.807, 2.05) is 4.90 Å². The van der Waals surface area contributed by atoms with E-state index in [0.717, 1.165) is 6.54 Å². The topological polar surface area (TPSA) is 37.4 Å². The Bertz CT molecular complexity index is 359. The molecule has 0 unspecified atom stereocenters. The van der Waals surface area contributed by atoms with Gasteiger partial charge in [-0.15, -0.1) is 0 Å². The molecule has 1 saturated heterocycles. The summed E-state index contributed by atoms with van der Waals surface area (Å²) in [5.74, 6) is 1.31. The molecule has 1 spiro atoms. The fourth-order valence-corrected chi connectivity index (χ4v) is 4.05. The maximum atomic E-state index is 11.7. The lowest BCUT2D eigenvalue weighted by molar-refractivity contribution is -0.136. The van der Waals surface area contributed by atoms with Crippen LogP contribution in [0.5, 0.6) is 0 Å². The Kier molecular flexibility index (Phi) is 1.99. The molecular formula is C13H19NO2. The molecule has 3 rings (SSSR count). The lowest BCUT2D eigenvalue weighted by Gasteiger charge is -2.25. The van der Waals surface area contributed by atoms with E-state index in [0.29, 0.717) is 17.3 Å². The van der Waals surface area contributed by atoms with Crippen molar-refractivity contribution in [2.75, 3.05) is 6.54 Å². The van der Waals surface area contributed by atoms with Crippen molar-refractivity contribution in [1.82, 2.24) is 4.90 Å². The highest BCUT2D eigenvalue weighted by Crippen LogP contribution is 2.64. The molecule has 3 fully saturated rings.